The topological polar surface area (TPSA) is 95.6 Å². The molecule has 37 heavy (non-hydrogen) atoms. The van der Waals surface area contributed by atoms with Crippen LogP contribution in [0.3, 0.4) is 0 Å². The molecule has 0 saturated carbocycles. The van der Waals surface area contributed by atoms with Crippen LogP contribution in [0.25, 0.3) is 16.8 Å². The monoisotopic (exact) mass is 492 g/mol. The number of benzene rings is 4. The second kappa shape index (κ2) is 12.1. The fourth-order valence-corrected chi connectivity index (χ4v) is 4.49. The number of aromatic hydroxyl groups is 1. The number of hydrogen-bond donors (Lipinski definition) is 4. The Hall–Kier alpha value is -4.35. The summed E-state index contributed by atoms with van der Waals surface area (Å²) in [6.45, 7) is 3.74. The quantitative estimate of drug-likeness (QED) is 0.245. The molecule has 2 atom stereocenters. The number of carbonyl (C=O) groups excluding carboxylic acids is 1. The van der Waals surface area contributed by atoms with Gasteiger partial charge >= 0.3 is 0 Å². The number of amides is 1. The molecule has 2 unspecified atom stereocenters. The average molecular weight is 493 g/mol. The zero-order valence-corrected chi connectivity index (χ0v) is 20.7. The number of phenols is 1. The summed E-state index contributed by atoms with van der Waals surface area (Å²) in [5, 5.41) is 23.3. The van der Waals surface area contributed by atoms with E-state index < -0.39 is 0 Å². The Morgan fingerprint density at radius 3 is 2.16 bits per heavy atom. The van der Waals surface area contributed by atoms with Crippen molar-refractivity contribution in [3.8, 4) is 16.9 Å². The lowest BCUT2D eigenvalue weighted by Crippen LogP contribution is -2.44. The first-order valence-corrected chi connectivity index (χ1v) is 12.3. The molecule has 188 valence electrons. The van der Waals surface area contributed by atoms with Gasteiger partial charge in [-0.05, 0) is 71.0 Å². The number of phenolic OH excluding ortho intramolecular Hbond substituents is 1. The Kier molecular flexibility index (Phi) is 8.39. The van der Waals surface area contributed by atoms with Gasteiger partial charge in [-0.2, -0.15) is 0 Å². The number of rotatable bonds is 10. The Balaban J connectivity index is 1.55. The lowest BCUT2D eigenvalue weighted by Gasteiger charge is -2.27. The van der Waals surface area contributed by atoms with Gasteiger partial charge in [-0.15, -0.1) is 0 Å². The summed E-state index contributed by atoms with van der Waals surface area (Å²) in [6.07, 6.45) is 1.16. The molecular weight excluding hydrogens is 460 g/mol. The molecule has 0 fully saturated rings. The van der Waals surface area contributed by atoms with Gasteiger partial charge in [-0.1, -0.05) is 79.4 Å². The van der Waals surface area contributed by atoms with Crippen LogP contribution in [-0.2, 0) is 12.8 Å². The summed E-state index contributed by atoms with van der Waals surface area (Å²) < 4.78 is 0. The van der Waals surface area contributed by atoms with Gasteiger partial charge in [0, 0.05) is 29.8 Å². The third-order valence-corrected chi connectivity index (χ3v) is 6.54. The molecule has 0 spiro atoms. The number of nitrogens with two attached hydrogens (primary N) is 1. The maximum atomic E-state index is 13.3. The summed E-state index contributed by atoms with van der Waals surface area (Å²) in [7, 11) is 0. The first kappa shape index (κ1) is 25.7. The van der Waals surface area contributed by atoms with Gasteiger partial charge in [0.05, 0.1) is 0 Å². The minimum atomic E-state index is -0.296. The lowest BCUT2D eigenvalue weighted by atomic mass is 9.88. The summed E-state index contributed by atoms with van der Waals surface area (Å²) in [5.41, 5.74) is 11.6. The third-order valence-electron chi connectivity index (χ3n) is 6.54. The fourth-order valence-electron chi connectivity index (χ4n) is 4.49. The van der Waals surface area contributed by atoms with E-state index in [1.54, 1.807) is 30.3 Å². The molecule has 5 nitrogen and oxygen atoms in total. The van der Waals surface area contributed by atoms with Gasteiger partial charge in [-0.3, -0.25) is 4.79 Å². The van der Waals surface area contributed by atoms with Crippen molar-refractivity contribution in [3.05, 3.63) is 132 Å². The summed E-state index contributed by atoms with van der Waals surface area (Å²) in [4.78, 5) is 13.3. The molecular formula is C32H32N2O3. The van der Waals surface area contributed by atoms with E-state index in [4.69, 9.17) is 5.73 Å². The van der Waals surface area contributed by atoms with E-state index in [0.29, 0.717) is 24.1 Å². The number of carbonyl (C=O) groups is 1. The molecule has 0 aliphatic heterocycles. The van der Waals surface area contributed by atoms with Gasteiger partial charge in [-0.25, -0.2) is 0 Å². The first-order chi connectivity index (χ1) is 17.9. The lowest BCUT2D eigenvalue weighted by molar-refractivity contribution is 0.0903. The molecule has 4 aromatic rings. The van der Waals surface area contributed by atoms with Crippen molar-refractivity contribution in [1.29, 1.82) is 0 Å². The van der Waals surface area contributed by atoms with Gasteiger partial charge in [0.25, 0.3) is 5.91 Å². The molecule has 0 radical (unpaired) electrons. The molecule has 1 amide bonds. The maximum absolute atomic E-state index is 13.3. The molecule has 0 aliphatic carbocycles. The van der Waals surface area contributed by atoms with Crippen molar-refractivity contribution in [2.45, 2.75) is 18.9 Å². The normalized spacial score (nSPS) is 12.5. The van der Waals surface area contributed by atoms with Crippen molar-refractivity contribution < 1.29 is 15.0 Å². The molecule has 5 heteroatoms. The molecule has 4 rings (SSSR count). The minimum absolute atomic E-state index is 0.0813. The number of aliphatic hydroxyl groups excluding tert-OH is 1. The van der Waals surface area contributed by atoms with Gasteiger partial charge in [0.1, 0.15) is 5.75 Å². The fraction of sp³-hybridized carbons (Fsp3) is 0.156. The zero-order valence-electron chi connectivity index (χ0n) is 20.7. The number of aliphatic hydroxyl groups is 1. The maximum Gasteiger partial charge on any atom is 0.251 e. The largest absolute Gasteiger partial charge is 0.508 e. The van der Waals surface area contributed by atoms with Crippen LogP contribution in [-0.4, -0.2) is 28.8 Å². The highest BCUT2D eigenvalue weighted by Gasteiger charge is 2.24. The van der Waals surface area contributed by atoms with Crippen molar-refractivity contribution in [2.75, 3.05) is 6.61 Å². The molecule has 0 aromatic heterocycles. The van der Waals surface area contributed by atoms with E-state index in [1.807, 2.05) is 72.8 Å². The Morgan fingerprint density at radius 2 is 1.49 bits per heavy atom. The summed E-state index contributed by atoms with van der Waals surface area (Å²) >= 11 is 0. The van der Waals surface area contributed by atoms with Gasteiger partial charge in [0.15, 0.2) is 0 Å². The van der Waals surface area contributed by atoms with Crippen LogP contribution in [0, 0.1) is 5.92 Å². The Labute approximate surface area is 217 Å². The standard InChI is InChI=1S/C32H32N2O3/c1-22(33)27-10-5-9-24(17-27)18-29(21-35)31(19-23-7-3-2-4-8-23)34-32(37)26-15-13-25(14-16-26)28-11-6-12-30(36)20-28/h2-17,20,29,31,35-36H,1,18-19,21,33H2,(H,34,37). The van der Waals surface area contributed by atoms with E-state index in [2.05, 4.69) is 11.9 Å². The van der Waals surface area contributed by atoms with E-state index in [0.717, 1.165) is 27.8 Å². The first-order valence-electron chi connectivity index (χ1n) is 12.3. The number of hydrogen-bond acceptors (Lipinski definition) is 4. The van der Waals surface area contributed by atoms with Crippen LogP contribution in [0.1, 0.15) is 27.0 Å². The third kappa shape index (κ3) is 6.87. The van der Waals surface area contributed by atoms with Crippen LogP contribution in [0.4, 0.5) is 0 Å². The molecule has 5 N–H and O–H groups in total. The molecule has 0 heterocycles. The van der Waals surface area contributed by atoms with E-state index >= 15 is 0 Å². The minimum Gasteiger partial charge on any atom is -0.508 e. The zero-order chi connectivity index (χ0) is 26.2. The second-order valence-corrected chi connectivity index (χ2v) is 9.27. The predicted octanol–water partition coefficient (Wildman–Crippen LogP) is 5.18. The average Bonchev–Trinajstić information content (AvgIpc) is 2.92. The van der Waals surface area contributed by atoms with E-state index in [-0.39, 0.29) is 30.2 Å². The number of nitrogens with one attached hydrogen (secondary N) is 1. The van der Waals surface area contributed by atoms with Crippen molar-refractivity contribution >= 4 is 11.6 Å². The highest BCUT2D eigenvalue weighted by molar-refractivity contribution is 5.95. The van der Waals surface area contributed by atoms with Gasteiger partial charge in [0.2, 0.25) is 0 Å². The highest BCUT2D eigenvalue weighted by atomic mass is 16.3. The molecule has 0 bridgehead atoms. The summed E-state index contributed by atoms with van der Waals surface area (Å²) in [6, 6.07) is 31.7. The van der Waals surface area contributed by atoms with E-state index in [1.165, 1.54) is 0 Å². The summed E-state index contributed by atoms with van der Waals surface area (Å²) in [5.74, 6) is -0.220. The molecule has 0 aliphatic rings. The van der Waals surface area contributed by atoms with Crippen LogP contribution >= 0.6 is 0 Å². The SMILES string of the molecule is C=C(N)c1cccc(CC(CO)C(Cc2ccccc2)NC(=O)c2ccc(-c3cccc(O)c3)cc2)c1. The highest BCUT2D eigenvalue weighted by Crippen LogP contribution is 2.24. The van der Waals surface area contributed by atoms with Crippen LogP contribution < -0.4 is 11.1 Å². The van der Waals surface area contributed by atoms with Crippen LogP contribution in [0.5, 0.6) is 5.75 Å². The van der Waals surface area contributed by atoms with Crippen molar-refractivity contribution in [1.82, 2.24) is 5.32 Å². The van der Waals surface area contributed by atoms with Crippen LogP contribution in [0.15, 0.2) is 110 Å². The Bertz CT molecular complexity index is 1350. The molecule has 0 saturated heterocycles. The smallest absolute Gasteiger partial charge is 0.251 e. The van der Waals surface area contributed by atoms with Crippen molar-refractivity contribution in [2.24, 2.45) is 11.7 Å². The predicted molar refractivity (Wildman–Crippen MR) is 149 cm³/mol. The Morgan fingerprint density at radius 1 is 0.784 bits per heavy atom. The van der Waals surface area contributed by atoms with Gasteiger partial charge < -0.3 is 21.3 Å². The van der Waals surface area contributed by atoms with Crippen LogP contribution in [0.2, 0.25) is 0 Å². The molecule has 4 aromatic carbocycles. The second-order valence-electron chi connectivity index (χ2n) is 9.27. The van der Waals surface area contributed by atoms with E-state index in [9.17, 15) is 15.0 Å². The van der Waals surface area contributed by atoms with Crippen molar-refractivity contribution in [3.63, 3.8) is 0 Å².